The van der Waals surface area contributed by atoms with Gasteiger partial charge in [-0.1, -0.05) is 18.2 Å². The number of carbonyl (C=O) groups excluding carboxylic acids is 1. The number of ether oxygens (including phenoxy) is 3. The van der Waals surface area contributed by atoms with Crippen molar-refractivity contribution in [1.29, 1.82) is 0 Å². The van der Waals surface area contributed by atoms with Gasteiger partial charge in [0.15, 0.2) is 0 Å². The molecule has 0 aromatic heterocycles. The highest BCUT2D eigenvalue weighted by molar-refractivity contribution is 8.00. The van der Waals surface area contributed by atoms with Crippen LogP contribution in [0.5, 0.6) is 17.2 Å². The molecule has 2 aromatic rings. The fourth-order valence-electron chi connectivity index (χ4n) is 3.20. The molecule has 1 aliphatic heterocycles. The van der Waals surface area contributed by atoms with E-state index in [9.17, 15) is 4.79 Å². The van der Waals surface area contributed by atoms with E-state index in [1.807, 2.05) is 68.1 Å². The molecule has 5 nitrogen and oxygen atoms in total. The third-order valence-corrected chi connectivity index (χ3v) is 5.60. The highest BCUT2D eigenvalue weighted by Crippen LogP contribution is 2.47. The monoisotopic (exact) mass is 401 g/mol. The summed E-state index contributed by atoms with van der Waals surface area (Å²) in [7, 11) is 3.27. The predicted octanol–water partition coefficient (Wildman–Crippen LogP) is 4.66. The standard InChI is InChI=1S/C22H27NO4S/c1-22(2,3)27-16-11-9-15(10-12-16)13-23-19(24)14-28-21(23)20-17(25-4)7-6-8-18(20)26-5/h6-12,21H,13-14H2,1-5H3. The Morgan fingerprint density at radius 1 is 1.04 bits per heavy atom. The lowest BCUT2D eigenvalue weighted by Crippen LogP contribution is -2.28. The van der Waals surface area contributed by atoms with Gasteiger partial charge in [0.05, 0.1) is 25.5 Å². The topological polar surface area (TPSA) is 48.0 Å². The molecule has 1 atom stereocenters. The van der Waals surface area contributed by atoms with Crippen LogP contribution in [0.3, 0.4) is 0 Å². The number of nitrogens with zero attached hydrogens (tertiary/aromatic N) is 1. The minimum atomic E-state index is -0.241. The molecule has 2 aromatic carbocycles. The number of hydrogen-bond acceptors (Lipinski definition) is 5. The summed E-state index contributed by atoms with van der Waals surface area (Å²) in [5.41, 5.74) is 1.71. The van der Waals surface area contributed by atoms with Gasteiger partial charge in [-0.05, 0) is 50.6 Å². The summed E-state index contributed by atoms with van der Waals surface area (Å²) >= 11 is 1.59. The number of carbonyl (C=O) groups is 1. The predicted molar refractivity (Wildman–Crippen MR) is 112 cm³/mol. The Labute approximate surface area is 171 Å². The third kappa shape index (κ3) is 4.55. The van der Waals surface area contributed by atoms with Crippen molar-refractivity contribution in [3.05, 3.63) is 53.6 Å². The molecule has 0 bridgehead atoms. The van der Waals surface area contributed by atoms with Crippen molar-refractivity contribution in [2.24, 2.45) is 0 Å². The molecular weight excluding hydrogens is 374 g/mol. The molecular formula is C22H27NO4S. The van der Waals surface area contributed by atoms with Gasteiger partial charge in [0.25, 0.3) is 0 Å². The molecule has 1 unspecified atom stereocenters. The van der Waals surface area contributed by atoms with Crippen molar-refractivity contribution in [2.75, 3.05) is 20.0 Å². The second-order valence-corrected chi connectivity index (χ2v) is 8.69. The number of hydrogen-bond donors (Lipinski definition) is 0. The fraction of sp³-hybridized carbons (Fsp3) is 0.409. The molecule has 1 saturated heterocycles. The fourth-order valence-corrected chi connectivity index (χ4v) is 4.44. The lowest BCUT2D eigenvalue weighted by atomic mass is 10.1. The van der Waals surface area contributed by atoms with Gasteiger partial charge in [-0.3, -0.25) is 4.79 Å². The molecule has 0 radical (unpaired) electrons. The number of methoxy groups -OCH3 is 2. The summed E-state index contributed by atoms with van der Waals surface area (Å²) in [6.45, 7) is 6.58. The zero-order chi connectivity index (χ0) is 20.3. The SMILES string of the molecule is COc1cccc(OC)c1C1SCC(=O)N1Cc1ccc(OC(C)(C)C)cc1. The van der Waals surface area contributed by atoms with Gasteiger partial charge < -0.3 is 19.1 Å². The summed E-state index contributed by atoms with van der Waals surface area (Å²) in [6.07, 6.45) is 0. The molecule has 3 rings (SSSR count). The van der Waals surface area contributed by atoms with Gasteiger partial charge in [0, 0.05) is 6.54 Å². The molecule has 0 spiro atoms. The molecule has 28 heavy (non-hydrogen) atoms. The Morgan fingerprint density at radius 3 is 2.18 bits per heavy atom. The van der Waals surface area contributed by atoms with Gasteiger partial charge in [-0.25, -0.2) is 0 Å². The van der Waals surface area contributed by atoms with Gasteiger partial charge >= 0.3 is 0 Å². The van der Waals surface area contributed by atoms with Crippen molar-refractivity contribution in [1.82, 2.24) is 4.90 Å². The molecule has 0 saturated carbocycles. The van der Waals surface area contributed by atoms with E-state index in [-0.39, 0.29) is 16.9 Å². The van der Waals surface area contributed by atoms with Crippen LogP contribution in [0.2, 0.25) is 0 Å². The highest BCUT2D eigenvalue weighted by Gasteiger charge is 2.36. The molecule has 1 fully saturated rings. The number of benzene rings is 2. The van der Waals surface area contributed by atoms with Crippen LogP contribution in [0.1, 0.15) is 37.3 Å². The second-order valence-electron chi connectivity index (χ2n) is 7.62. The van der Waals surface area contributed by atoms with Crippen LogP contribution in [0.25, 0.3) is 0 Å². The van der Waals surface area contributed by atoms with Crippen LogP contribution >= 0.6 is 11.8 Å². The maximum absolute atomic E-state index is 12.6. The van der Waals surface area contributed by atoms with Gasteiger partial charge in [0.2, 0.25) is 5.91 Å². The Hall–Kier alpha value is -2.34. The molecule has 1 heterocycles. The lowest BCUT2D eigenvalue weighted by molar-refractivity contribution is -0.128. The van der Waals surface area contributed by atoms with Crippen molar-refractivity contribution >= 4 is 17.7 Å². The zero-order valence-electron chi connectivity index (χ0n) is 17.0. The molecule has 0 N–H and O–H groups in total. The number of thioether (sulfide) groups is 1. The lowest BCUT2D eigenvalue weighted by Gasteiger charge is -2.27. The van der Waals surface area contributed by atoms with Crippen molar-refractivity contribution in [3.8, 4) is 17.2 Å². The molecule has 1 aliphatic rings. The minimum Gasteiger partial charge on any atom is -0.496 e. The van der Waals surface area contributed by atoms with Crippen LogP contribution in [-0.4, -0.2) is 36.4 Å². The largest absolute Gasteiger partial charge is 0.496 e. The quantitative estimate of drug-likeness (QED) is 0.705. The van der Waals surface area contributed by atoms with E-state index < -0.39 is 0 Å². The summed E-state index contributed by atoms with van der Waals surface area (Å²) in [5, 5.41) is -0.149. The maximum Gasteiger partial charge on any atom is 0.234 e. The van der Waals surface area contributed by atoms with E-state index in [4.69, 9.17) is 14.2 Å². The molecule has 1 amide bonds. The smallest absolute Gasteiger partial charge is 0.234 e. The van der Waals surface area contributed by atoms with Crippen LogP contribution in [0, 0.1) is 0 Å². The summed E-state index contributed by atoms with van der Waals surface area (Å²) in [6, 6.07) is 13.6. The van der Waals surface area contributed by atoms with Crippen molar-refractivity contribution in [3.63, 3.8) is 0 Å². The summed E-state index contributed by atoms with van der Waals surface area (Å²) < 4.78 is 17.0. The van der Waals surface area contributed by atoms with E-state index in [0.29, 0.717) is 12.3 Å². The van der Waals surface area contributed by atoms with Crippen LogP contribution in [0.4, 0.5) is 0 Å². The second kappa shape index (κ2) is 8.35. The van der Waals surface area contributed by atoms with Crippen molar-refractivity contribution in [2.45, 2.75) is 38.3 Å². The van der Waals surface area contributed by atoms with E-state index in [2.05, 4.69) is 0 Å². The summed E-state index contributed by atoms with van der Waals surface area (Å²) in [4.78, 5) is 14.5. The first-order chi connectivity index (χ1) is 13.3. The first kappa shape index (κ1) is 20.4. The van der Waals surface area contributed by atoms with Crippen LogP contribution in [-0.2, 0) is 11.3 Å². The number of rotatable bonds is 6. The Bertz CT molecular complexity index is 807. The van der Waals surface area contributed by atoms with E-state index >= 15 is 0 Å². The first-order valence-corrected chi connectivity index (χ1v) is 10.3. The normalized spacial score (nSPS) is 17.0. The molecule has 150 valence electrons. The average Bonchev–Trinajstić information content (AvgIpc) is 3.01. The zero-order valence-corrected chi connectivity index (χ0v) is 17.8. The van der Waals surface area contributed by atoms with Crippen LogP contribution in [0.15, 0.2) is 42.5 Å². The Morgan fingerprint density at radius 2 is 1.64 bits per heavy atom. The van der Waals surface area contributed by atoms with Crippen LogP contribution < -0.4 is 14.2 Å². The first-order valence-electron chi connectivity index (χ1n) is 9.22. The maximum atomic E-state index is 12.6. The van der Waals surface area contributed by atoms with E-state index in [1.165, 1.54) is 0 Å². The minimum absolute atomic E-state index is 0.109. The Kier molecular flexibility index (Phi) is 6.08. The molecule has 0 aliphatic carbocycles. The van der Waals surface area contributed by atoms with Crippen molar-refractivity contribution < 1.29 is 19.0 Å². The van der Waals surface area contributed by atoms with Gasteiger partial charge in [-0.2, -0.15) is 0 Å². The van der Waals surface area contributed by atoms with E-state index in [1.54, 1.807) is 26.0 Å². The highest BCUT2D eigenvalue weighted by atomic mass is 32.2. The van der Waals surface area contributed by atoms with E-state index in [0.717, 1.165) is 28.4 Å². The number of amides is 1. The van der Waals surface area contributed by atoms with Gasteiger partial charge in [-0.15, -0.1) is 11.8 Å². The third-order valence-electron chi connectivity index (χ3n) is 4.38. The van der Waals surface area contributed by atoms with Gasteiger partial charge in [0.1, 0.15) is 28.2 Å². The average molecular weight is 402 g/mol. The molecule has 6 heteroatoms. The Balaban J connectivity index is 1.84. The summed E-state index contributed by atoms with van der Waals surface area (Å²) in [5.74, 6) is 2.83.